The van der Waals surface area contributed by atoms with Crippen LogP contribution in [0.3, 0.4) is 0 Å². The molecule has 0 radical (unpaired) electrons. The molecule has 10 rings (SSSR count). The van der Waals surface area contributed by atoms with Gasteiger partial charge in [0.05, 0.1) is 47.9 Å². The van der Waals surface area contributed by atoms with Crippen molar-refractivity contribution < 1.29 is 13.6 Å². The summed E-state index contributed by atoms with van der Waals surface area (Å²) in [6.07, 6.45) is 0.157. The monoisotopic (exact) mass is 518 g/mol. The van der Waals surface area contributed by atoms with Gasteiger partial charge in [-0.2, -0.15) is 0 Å². The van der Waals surface area contributed by atoms with E-state index in [0.29, 0.717) is 0 Å². The molecular weight excluding hydrogens is 486 g/mol. The topological polar surface area (TPSA) is 45.5 Å². The molecular formula is C30H32N9+3. The van der Waals surface area contributed by atoms with E-state index in [1.54, 1.807) is 0 Å². The highest BCUT2D eigenvalue weighted by atomic mass is 15.4. The van der Waals surface area contributed by atoms with Gasteiger partial charge in [0.2, 0.25) is 16.6 Å². The fourth-order valence-electron chi connectivity index (χ4n) is 7.39. The molecule has 1 N–H and O–H groups in total. The van der Waals surface area contributed by atoms with Gasteiger partial charge in [0, 0.05) is 54.7 Å². The Labute approximate surface area is 224 Å². The Balaban J connectivity index is 1.68. The molecule has 9 nitrogen and oxygen atoms in total. The van der Waals surface area contributed by atoms with E-state index >= 15 is 0 Å². The van der Waals surface area contributed by atoms with Crippen LogP contribution in [0.5, 0.6) is 0 Å². The lowest BCUT2D eigenvalue weighted by Crippen LogP contribution is -2.40. The summed E-state index contributed by atoms with van der Waals surface area (Å²) in [5.41, 5.74) is 11.8. The van der Waals surface area contributed by atoms with Crippen LogP contribution in [0.2, 0.25) is 0 Å². The Hall–Kier alpha value is -4.21. The first-order chi connectivity index (χ1) is 19.0. The van der Waals surface area contributed by atoms with Crippen LogP contribution in [0.15, 0.2) is 60.7 Å². The Bertz CT molecular complexity index is 2150. The van der Waals surface area contributed by atoms with Gasteiger partial charge in [0.25, 0.3) is 11.4 Å². The minimum atomic E-state index is 0.157. The minimum Gasteiger partial charge on any atom is -0.286 e. The van der Waals surface area contributed by atoms with Gasteiger partial charge in [0.1, 0.15) is 13.1 Å². The van der Waals surface area contributed by atoms with Crippen LogP contribution in [0, 0.1) is 0 Å². The molecule has 2 aliphatic rings. The number of likely N-dealkylation sites (N-methyl/N-ethyl adjacent to an activating group) is 4. The Morgan fingerprint density at radius 3 is 2.00 bits per heavy atom. The average Bonchev–Trinajstić information content (AvgIpc) is 3.76. The van der Waals surface area contributed by atoms with Gasteiger partial charge in [-0.1, -0.05) is 0 Å². The van der Waals surface area contributed by atoms with Crippen molar-refractivity contribution in [1.82, 2.24) is 28.9 Å². The zero-order valence-electron chi connectivity index (χ0n) is 22.8. The van der Waals surface area contributed by atoms with Crippen LogP contribution in [0.4, 0.5) is 0 Å². The van der Waals surface area contributed by atoms with Crippen molar-refractivity contribution >= 4 is 50.0 Å². The summed E-state index contributed by atoms with van der Waals surface area (Å²) < 4.78 is 11.9. The van der Waals surface area contributed by atoms with E-state index in [1.807, 2.05) is 0 Å². The highest BCUT2D eigenvalue weighted by Crippen LogP contribution is 2.34. The highest BCUT2D eigenvalue weighted by molar-refractivity contribution is 6.07. The third-order valence-electron chi connectivity index (χ3n) is 9.26. The van der Waals surface area contributed by atoms with E-state index in [2.05, 4.69) is 131 Å². The smallest absolute Gasteiger partial charge is 0.286 e. The maximum atomic E-state index is 3.89. The van der Waals surface area contributed by atoms with Gasteiger partial charge in [-0.25, -0.2) is 9.03 Å². The number of rotatable bonds is 2. The molecule has 8 aromatic heterocycles. The number of nitrogens with one attached hydrogen (secondary N) is 1. The molecule has 39 heavy (non-hydrogen) atoms. The van der Waals surface area contributed by atoms with Crippen LogP contribution in [0.25, 0.3) is 44.1 Å². The molecule has 10 heterocycles. The Kier molecular flexibility index (Phi) is 4.03. The number of H-pyrrole nitrogens is 1. The molecule has 1 fully saturated rings. The van der Waals surface area contributed by atoms with Crippen molar-refractivity contribution in [3.63, 3.8) is 0 Å². The van der Waals surface area contributed by atoms with Gasteiger partial charge in [-0.15, -0.1) is 0 Å². The zero-order valence-corrected chi connectivity index (χ0v) is 22.8. The van der Waals surface area contributed by atoms with Gasteiger partial charge >= 0.3 is 0 Å². The summed E-state index contributed by atoms with van der Waals surface area (Å²) in [7, 11) is 8.91. The first kappa shape index (κ1) is 21.7. The standard InChI is InChI=1S/C30H31N9/c1-32-13-14-33(2)29(32)27-23-9-5-19-17-22-8-12-26-28(30-34(3)15-16-35(30)4)24-10-6-20(37(24)31-36(19)23)18-21-7-11-25(27)38(21)39(22)26/h5-12,17-18,29H,13-16H2,1-4H3/q+2/p+1. The molecule has 0 unspecified atom stereocenters. The highest BCUT2D eigenvalue weighted by Gasteiger charge is 2.37. The number of hydrogen-bond donors (Lipinski definition) is 1. The predicted molar refractivity (Wildman–Crippen MR) is 151 cm³/mol. The molecule has 12 bridgehead atoms. The van der Waals surface area contributed by atoms with E-state index in [0.717, 1.165) is 53.8 Å². The van der Waals surface area contributed by atoms with Crippen LogP contribution < -0.4 is 9.03 Å². The van der Waals surface area contributed by atoms with E-state index < -0.39 is 0 Å². The van der Waals surface area contributed by atoms with Crippen molar-refractivity contribution in [2.45, 2.75) is 6.17 Å². The molecule has 2 aliphatic heterocycles. The first-order valence-corrected chi connectivity index (χ1v) is 13.8. The van der Waals surface area contributed by atoms with Gasteiger partial charge in [-0.05, 0) is 47.4 Å². The second-order valence-corrected chi connectivity index (χ2v) is 11.5. The molecule has 0 aromatic carbocycles. The van der Waals surface area contributed by atoms with Crippen molar-refractivity contribution in [2.24, 2.45) is 0 Å². The summed E-state index contributed by atoms with van der Waals surface area (Å²) in [6.45, 7) is 4.09. The summed E-state index contributed by atoms with van der Waals surface area (Å²) in [5, 5.41) is 3.89. The second kappa shape index (κ2) is 7.25. The maximum Gasteiger partial charge on any atom is 0.288 e. The largest absolute Gasteiger partial charge is 0.288 e. The molecule has 0 saturated carbocycles. The second-order valence-electron chi connectivity index (χ2n) is 11.5. The van der Waals surface area contributed by atoms with E-state index in [-0.39, 0.29) is 6.17 Å². The summed E-state index contributed by atoms with van der Waals surface area (Å²) in [6, 6.07) is 22.8. The third-order valence-corrected chi connectivity index (χ3v) is 9.26. The maximum absolute atomic E-state index is 3.89. The van der Waals surface area contributed by atoms with Crippen molar-refractivity contribution in [1.29, 1.82) is 0 Å². The fraction of sp³-hybridized carbons (Fsp3) is 0.300. The van der Waals surface area contributed by atoms with Crippen LogP contribution >= 0.6 is 0 Å². The molecule has 1 saturated heterocycles. The van der Waals surface area contributed by atoms with Crippen LogP contribution in [-0.4, -0.2) is 93.7 Å². The lowest BCUT2D eigenvalue weighted by atomic mass is 10.1. The summed E-state index contributed by atoms with van der Waals surface area (Å²) in [4.78, 5) is 7.34. The lowest BCUT2D eigenvalue weighted by Gasteiger charge is -2.24. The molecule has 8 aromatic rings. The minimum absolute atomic E-state index is 0.157. The molecule has 0 aliphatic carbocycles. The fourth-order valence-corrected chi connectivity index (χ4v) is 7.39. The molecule has 0 spiro atoms. The number of amidine groups is 1. The SMILES string of the molecule is CN1CC[N+](C)=C1c1c2ccc3cc4ccc5c(C6N(C)CCN6C)c6ccc(cc7ccc1[n+]7[nH][n+]45)n6n32. The van der Waals surface area contributed by atoms with Gasteiger partial charge in [0.15, 0.2) is 5.56 Å². The molecule has 0 amide bonds. The first-order valence-electron chi connectivity index (χ1n) is 13.8. The predicted octanol–water partition coefficient (Wildman–Crippen LogP) is 1.95. The van der Waals surface area contributed by atoms with Crippen LogP contribution in [-0.2, 0) is 0 Å². The van der Waals surface area contributed by atoms with E-state index in [9.17, 15) is 0 Å². The van der Waals surface area contributed by atoms with Crippen molar-refractivity contribution in [3.05, 3.63) is 71.8 Å². The summed E-state index contributed by atoms with van der Waals surface area (Å²) in [5.74, 6) is 1.25. The van der Waals surface area contributed by atoms with E-state index in [4.69, 9.17) is 0 Å². The Morgan fingerprint density at radius 1 is 0.718 bits per heavy atom. The van der Waals surface area contributed by atoms with Crippen molar-refractivity contribution in [3.8, 4) is 0 Å². The normalized spacial score (nSPS) is 18.4. The quantitative estimate of drug-likeness (QED) is 0.356. The van der Waals surface area contributed by atoms with Gasteiger partial charge < -0.3 is 0 Å². The number of aromatic amines is 1. The Morgan fingerprint density at radius 2 is 1.33 bits per heavy atom. The van der Waals surface area contributed by atoms with Crippen molar-refractivity contribution in [2.75, 3.05) is 54.4 Å². The molecule has 0 atom stereocenters. The third kappa shape index (κ3) is 2.64. The zero-order chi connectivity index (χ0) is 26.2. The molecule has 194 valence electrons. The molecule has 9 heteroatoms. The number of aromatic nitrogens is 5. The number of nitrogens with zero attached hydrogens (tertiary/aromatic N) is 8. The average molecular weight is 519 g/mol. The van der Waals surface area contributed by atoms with Gasteiger partial charge in [-0.3, -0.25) is 19.3 Å². The summed E-state index contributed by atoms with van der Waals surface area (Å²) >= 11 is 0. The number of hydrogen-bond acceptors (Lipinski definition) is 3. The van der Waals surface area contributed by atoms with Crippen LogP contribution in [0.1, 0.15) is 17.3 Å². The van der Waals surface area contributed by atoms with E-state index in [1.165, 1.54) is 33.5 Å². The lowest BCUT2D eigenvalue weighted by molar-refractivity contribution is -0.733.